The summed E-state index contributed by atoms with van der Waals surface area (Å²) in [5.41, 5.74) is -0.356. The van der Waals surface area contributed by atoms with Crippen LogP contribution in [0.3, 0.4) is 0 Å². The fourth-order valence-corrected chi connectivity index (χ4v) is 1.54. The lowest BCUT2D eigenvalue weighted by molar-refractivity contribution is -0.152. The molecular weight excluding hydrogens is 168 g/mol. The smallest absolute Gasteiger partial charge is 0.306 e. The predicted molar refractivity (Wildman–Crippen MR) is 49.6 cm³/mol. The Morgan fingerprint density at radius 1 is 1.62 bits per heavy atom. The first kappa shape index (κ1) is 10.3. The standard InChI is InChI=1S/C10H16O3/c1-2-3-7-13-10(5-4-6-10)8-9(11)12/h2-3H,4-8H2,1H3,(H,11,12)/b3-2+. The molecule has 0 aromatic carbocycles. The summed E-state index contributed by atoms with van der Waals surface area (Å²) >= 11 is 0. The molecule has 0 aromatic rings. The van der Waals surface area contributed by atoms with Crippen molar-refractivity contribution in [2.24, 2.45) is 0 Å². The maximum Gasteiger partial charge on any atom is 0.306 e. The zero-order valence-electron chi connectivity index (χ0n) is 7.95. The number of carboxylic acids is 1. The summed E-state index contributed by atoms with van der Waals surface area (Å²) in [6.07, 6.45) is 6.82. The van der Waals surface area contributed by atoms with Gasteiger partial charge in [0.1, 0.15) is 0 Å². The molecule has 3 nitrogen and oxygen atoms in total. The normalized spacial score (nSPS) is 20.1. The van der Waals surface area contributed by atoms with Gasteiger partial charge in [0.25, 0.3) is 0 Å². The van der Waals surface area contributed by atoms with Gasteiger partial charge in [0, 0.05) is 0 Å². The highest BCUT2D eigenvalue weighted by atomic mass is 16.5. The van der Waals surface area contributed by atoms with E-state index in [1.807, 2.05) is 19.1 Å². The molecule has 74 valence electrons. The zero-order chi connectivity index (χ0) is 9.73. The van der Waals surface area contributed by atoms with E-state index in [4.69, 9.17) is 9.84 Å². The lowest BCUT2D eigenvalue weighted by Gasteiger charge is -2.40. The van der Waals surface area contributed by atoms with Crippen LogP contribution in [0.4, 0.5) is 0 Å². The minimum Gasteiger partial charge on any atom is -0.481 e. The highest BCUT2D eigenvalue weighted by Crippen LogP contribution is 2.38. The predicted octanol–water partition coefficient (Wildman–Crippen LogP) is 1.98. The van der Waals surface area contributed by atoms with E-state index in [2.05, 4.69) is 0 Å². The van der Waals surface area contributed by atoms with E-state index < -0.39 is 5.97 Å². The fraction of sp³-hybridized carbons (Fsp3) is 0.700. The number of aliphatic carboxylic acids is 1. The molecule has 0 heterocycles. The topological polar surface area (TPSA) is 46.5 Å². The number of carboxylic acid groups (broad SMARTS) is 1. The van der Waals surface area contributed by atoms with Crippen LogP contribution in [0.25, 0.3) is 0 Å². The Balaban J connectivity index is 2.35. The Morgan fingerprint density at radius 3 is 2.69 bits per heavy atom. The van der Waals surface area contributed by atoms with Crippen LogP contribution in [0.2, 0.25) is 0 Å². The van der Waals surface area contributed by atoms with Crippen molar-refractivity contribution in [1.82, 2.24) is 0 Å². The van der Waals surface area contributed by atoms with Crippen LogP contribution >= 0.6 is 0 Å². The van der Waals surface area contributed by atoms with E-state index in [1.54, 1.807) is 0 Å². The molecule has 1 rings (SSSR count). The molecule has 0 atom stereocenters. The van der Waals surface area contributed by atoms with Crippen LogP contribution in [0.1, 0.15) is 32.6 Å². The van der Waals surface area contributed by atoms with Gasteiger partial charge >= 0.3 is 5.97 Å². The maximum atomic E-state index is 10.5. The van der Waals surface area contributed by atoms with E-state index >= 15 is 0 Å². The van der Waals surface area contributed by atoms with Gasteiger partial charge in [0.05, 0.1) is 18.6 Å². The van der Waals surface area contributed by atoms with Crippen molar-refractivity contribution >= 4 is 5.97 Å². The zero-order valence-corrected chi connectivity index (χ0v) is 7.95. The minimum absolute atomic E-state index is 0.143. The van der Waals surface area contributed by atoms with Crippen molar-refractivity contribution in [3.8, 4) is 0 Å². The van der Waals surface area contributed by atoms with Gasteiger partial charge in [-0.15, -0.1) is 0 Å². The third-order valence-corrected chi connectivity index (χ3v) is 2.46. The number of carbonyl (C=O) groups is 1. The first-order valence-electron chi connectivity index (χ1n) is 4.65. The monoisotopic (exact) mass is 184 g/mol. The number of rotatable bonds is 5. The summed E-state index contributed by atoms with van der Waals surface area (Å²) in [6, 6.07) is 0. The van der Waals surface area contributed by atoms with Crippen molar-refractivity contribution in [2.45, 2.75) is 38.2 Å². The van der Waals surface area contributed by atoms with Gasteiger partial charge in [-0.25, -0.2) is 0 Å². The summed E-state index contributed by atoms with van der Waals surface area (Å²) in [4.78, 5) is 10.5. The van der Waals surface area contributed by atoms with Gasteiger partial charge in [-0.05, 0) is 26.2 Å². The fourth-order valence-electron chi connectivity index (χ4n) is 1.54. The molecule has 1 fully saturated rings. The summed E-state index contributed by atoms with van der Waals surface area (Å²) in [7, 11) is 0. The van der Waals surface area contributed by atoms with Crippen molar-refractivity contribution in [3.05, 3.63) is 12.2 Å². The third kappa shape index (κ3) is 2.84. The summed E-state index contributed by atoms with van der Waals surface area (Å²) < 4.78 is 5.55. The molecule has 0 amide bonds. The third-order valence-electron chi connectivity index (χ3n) is 2.46. The Labute approximate surface area is 78.4 Å². The molecule has 0 spiro atoms. The largest absolute Gasteiger partial charge is 0.481 e. The average molecular weight is 184 g/mol. The highest BCUT2D eigenvalue weighted by Gasteiger charge is 2.39. The van der Waals surface area contributed by atoms with Gasteiger partial charge in [0.15, 0.2) is 0 Å². The van der Waals surface area contributed by atoms with Crippen LogP contribution in [0.15, 0.2) is 12.2 Å². The Kier molecular flexibility index (Phi) is 3.48. The first-order chi connectivity index (χ1) is 6.18. The molecule has 1 saturated carbocycles. The van der Waals surface area contributed by atoms with E-state index in [1.165, 1.54) is 0 Å². The molecule has 0 aliphatic heterocycles. The van der Waals surface area contributed by atoms with Crippen molar-refractivity contribution in [3.63, 3.8) is 0 Å². The lowest BCUT2D eigenvalue weighted by atomic mass is 9.77. The quantitative estimate of drug-likeness (QED) is 0.664. The summed E-state index contributed by atoms with van der Waals surface area (Å²) in [5, 5.41) is 8.67. The number of hydrogen-bond acceptors (Lipinski definition) is 2. The van der Waals surface area contributed by atoms with Crippen molar-refractivity contribution < 1.29 is 14.6 Å². The summed E-state index contributed by atoms with van der Waals surface area (Å²) in [5.74, 6) is -0.764. The van der Waals surface area contributed by atoms with Crippen LogP contribution < -0.4 is 0 Å². The minimum atomic E-state index is -0.764. The molecular formula is C10H16O3. The summed E-state index contributed by atoms with van der Waals surface area (Å²) in [6.45, 7) is 2.46. The van der Waals surface area contributed by atoms with E-state index in [0.717, 1.165) is 19.3 Å². The molecule has 1 aliphatic carbocycles. The molecule has 3 heteroatoms. The maximum absolute atomic E-state index is 10.5. The molecule has 13 heavy (non-hydrogen) atoms. The van der Waals surface area contributed by atoms with Gasteiger partial charge in [-0.1, -0.05) is 12.2 Å². The number of hydrogen-bond donors (Lipinski definition) is 1. The van der Waals surface area contributed by atoms with Crippen LogP contribution in [0, 0.1) is 0 Å². The number of allylic oxidation sites excluding steroid dienone is 1. The van der Waals surface area contributed by atoms with E-state index in [0.29, 0.717) is 6.61 Å². The van der Waals surface area contributed by atoms with Crippen LogP contribution in [0.5, 0.6) is 0 Å². The van der Waals surface area contributed by atoms with Gasteiger partial charge < -0.3 is 9.84 Å². The van der Waals surface area contributed by atoms with E-state index in [9.17, 15) is 4.79 Å². The van der Waals surface area contributed by atoms with Gasteiger partial charge in [0.2, 0.25) is 0 Å². The SMILES string of the molecule is C/C=C/COC1(CC(=O)O)CCC1. The van der Waals surface area contributed by atoms with Crippen LogP contribution in [-0.2, 0) is 9.53 Å². The van der Waals surface area contributed by atoms with Crippen molar-refractivity contribution in [1.29, 1.82) is 0 Å². The average Bonchev–Trinajstić information content (AvgIpc) is 1.99. The lowest BCUT2D eigenvalue weighted by Crippen LogP contribution is -2.42. The first-order valence-corrected chi connectivity index (χ1v) is 4.65. The van der Waals surface area contributed by atoms with Crippen LogP contribution in [-0.4, -0.2) is 23.3 Å². The Hall–Kier alpha value is -0.830. The van der Waals surface area contributed by atoms with Gasteiger partial charge in [-0.3, -0.25) is 4.79 Å². The molecule has 0 unspecified atom stereocenters. The molecule has 1 aliphatic rings. The Bertz CT molecular complexity index is 204. The Morgan fingerprint density at radius 2 is 2.31 bits per heavy atom. The second-order valence-electron chi connectivity index (χ2n) is 3.49. The van der Waals surface area contributed by atoms with Gasteiger partial charge in [-0.2, -0.15) is 0 Å². The second kappa shape index (κ2) is 4.42. The molecule has 1 N–H and O–H groups in total. The number of ether oxygens (including phenoxy) is 1. The highest BCUT2D eigenvalue weighted by molar-refractivity contribution is 5.68. The molecule has 0 radical (unpaired) electrons. The van der Waals surface area contributed by atoms with E-state index in [-0.39, 0.29) is 12.0 Å². The van der Waals surface area contributed by atoms with Crippen molar-refractivity contribution in [2.75, 3.05) is 6.61 Å². The second-order valence-corrected chi connectivity index (χ2v) is 3.49. The molecule has 0 saturated heterocycles. The molecule has 0 bridgehead atoms. The molecule has 0 aromatic heterocycles.